The van der Waals surface area contributed by atoms with Crippen LogP contribution in [0.1, 0.15) is 19.3 Å². The van der Waals surface area contributed by atoms with E-state index in [2.05, 4.69) is 9.88 Å². The zero-order chi connectivity index (χ0) is 15.1. The molecule has 2 aromatic rings. The monoisotopic (exact) mass is 402 g/mol. The van der Waals surface area contributed by atoms with Gasteiger partial charge in [-0.3, -0.25) is 4.79 Å². The minimum atomic E-state index is -0.0303. The first-order valence-electron chi connectivity index (χ1n) is 6.84. The molecule has 1 amide bonds. The zero-order valence-corrected chi connectivity index (χ0v) is 15.0. The van der Waals surface area contributed by atoms with Crippen molar-refractivity contribution in [2.45, 2.75) is 25.8 Å². The van der Waals surface area contributed by atoms with Crippen molar-refractivity contribution in [1.29, 1.82) is 0 Å². The Morgan fingerprint density at radius 3 is 2.50 bits per heavy atom. The fourth-order valence-electron chi connectivity index (χ4n) is 1.97. The van der Waals surface area contributed by atoms with Crippen LogP contribution in [0.15, 0.2) is 48.8 Å². The van der Waals surface area contributed by atoms with E-state index < -0.39 is 0 Å². The summed E-state index contributed by atoms with van der Waals surface area (Å²) in [7, 11) is 0. The predicted molar refractivity (Wildman–Crippen MR) is 85.6 cm³/mol. The quantitative estimate of drug-likeness (QED) is 0.568. The van der Waals surface area contributed by atoms with Crippen molar-refractivity contribution in [3.63, 3.8) is 0 Å². The van der Waals surface area contributed by atoms with Crippen LogP contribution in [0.25, 0.3) is 0 Å². The molecular formula is C16H17BrCl2N2O. The number of nitrogens with one attached hydrogen (secondary N) is 1. The number of amides is 1. The number of aromatic nitrogens is 1. The lowest BCUT2D eigenvalue weighted by Crippen LogP contribution is -3.00. The van der Waals surface area contributed by atoms with Crippen LogP contribution in [0, 0.1) is 0 Å². The Balaban J connectivity index is 0.00000242. The van der Waals surface area contributed by atoms with Gasteiger partial charge in [-0.2, -0.15) is 0 Å². The van der Waals surface area contributed by atoms with Gasteiger partial charge in [-0.1, -0.05) is 29.3 Å². The zero-order valence-electron chi connectivity index (χ0n) is 11.9. The van der Waals surface area contributed by atoms with E-state index in [4.69, 9.17) is 23.2 Å². The molecule has 6 heteroatoms. The van der Waals surface area contributed by atoms with Gasteiger partial charge < -0.3 is 22.3 Å². The summed E-state index contributed by atoms with van der Waals surface area (Å²) in [6.45, 7) is 0.913. The highest BCUT2D eigenvalue weighted by Gasteiger charge is 2.07. The number of nitrogens with zero attached hydrogens (tertiary/aromatic N) is 1. The molecule has 0 saturated heterocycles. The van der Waals surface area contributed by atoms with Crippen molar-refractivity contribution in [2.75, 3.05) is 5.32 Å². The molecular weight excluding hydrogens is 387 g/mol. The van der Waals surface area contributed by atoms with Crippen LogP contribution >= 0.6 is 23.2 Å². The number of anilines is 1. The molecule has 0 bridgehead atoms. The number of hydrogen-bond donors (Lipinski definition) is 1. The standard InChI is InChI=1S/C16H16Cl2N2O.BrH/c17-13-7-8-15(14(18)12-13)19-16(21)6-2-5-11-20-9-3-1-4-10-20;/h1,3-4,7-10,12H,2,5-6,11H2;1H. The predicted octanol–water partition coefficient (Wildman–Crippen LogP) is 1.09. The molecule has 1 aromatic carbocycles. The smallest absolute Gasteiger partial charge is 0.224 e. The van der Waals surface area contributed by atoms with E-state index in [9.17, 15) is 4.79 Å². The third-order valence-electron chi connectivity index (χ3n) is 3.05. The Labute approximate surface area is 151 Å². The number of benzene rings is 1. The molecule has 0 spiro atoms. The van der Waals surface area contributed by atoms with Crippen molar-refractivity contribution < 1.29 is 26.3 Å². The molecule has 0 saturated carbocycles. The van der Waals surface area contributed by atoms with Crippen molar-refractivity contribution in [3.8, 4) is 0 Å². The fourth-order valence-corrected chi connectivity index (χ4v) is 2.42. The Morgan fingerprint density at radius 1 is 1.09 bits per heavy atom. The first-order valence-corrected chi connectivity index (χ1v) is 7.60. The van der Waals surface area contributed by atoms with Crippen LogP contribution in [0.5, 0.6) is 0 Å². The molecule has 22 heavy (non-hydrogen) atoms. The van der Waals surface area contributed by atoms with E-state index in [1.807, 2.05) is 30.6 Å². The minimum absolute atomic E-state index is 0. The van der Waals surface area contributed by atoms with E-state index in [1.165, 1.54) is 0 Å². The number of rotatable bonds is 6. The lowest BCUT2D eigenvalue weighted by molar-refractivity contribution is -0.697. The van der Waals surface area contributed by atoms with Crippen LogP contribution in [-0.4, -0.2) is 5.91 Å². The average Bonchev–Trinajstić information content (AvgIpc) is 2.48. The molecule has 1 heterocycles. The van der Waals surface area contributed by atoms with Gasteiger partial charge in [0.15, 0.2) is 12.4 Å². The van der Waals surface area contributed by atoms with Crippen LogP contribution in [0.3, 0.4) is 0 Å². The summed E-state index contributed by atoms with van der Waals surface area (Å²) >= 11 is 11.8. The summed E-state index contributed by atoms with van der Waals surface area (Å²) in [5, 5.41) is 3.81. The van der Waals surface area contributed by atoms with Crippen LogP contribution in [0.2, 0.25) is 10.0 Å². The number of unbranched alkanes of at least 4 members (excludes halogenated alkanes) is 1. The van der Waals surface area contributed by atoms with Gasteiger partial charge in [0, 0.05) is 30.0 Å². The lowest BCUT2D eigenvalue weighted by Gasteiger charge is -2.07. The molecule has 118 valence electrons. The maximum atomic E-state index is 11.9. The summed E-state index contributed by atoms with van der Waals surface area (Å²) in [6.07, 6.45) is 6.31. The topological polar surface area (TPSA) is 33.0 Å². The van der Waals surface area contributed by atoms with Gasteiger partial charge in [0.05, 0.1) is 10.7 Å². The van der Waals surface area contributed by atoms with Gasteiger partial charge in [0.25, 0.3) is 0 Å². The third kappa shape index (κ3) is 6.34. The number of halogens is 3. The molecule has 0 unspecified atom stereocenters. The SMILES string of the molecule is O=C(CCCC[n+]1ccccc1)Nc1ccc(Cl)cc1Cl.[Br-]. The van der Waals surface area contributed by atoms with Crippen molar-refractivity contribution in [3.05, 3.63) is 58.8 Å². The van der Waals surface area contributed by atoms with Crippen LogP contribution < -0.4 is 26.9 Å². The Morgan fingerprint density at radius 2 is 1.82 bits per heavy atom. The maximum absolute atomic E-state index is 11.9. The summed E-state index contributed by atoms with van der Waals surface area (Å²) in [4.78, 5) is 11.9. The Hall–Kier alpha value is -1.10. The molecule has 0 atom stereocenters. The molecule has 1 aromatic heterocycles. The second kappa shape index (κ2) is 9.82. The number of hydrogen-bond acceptors (Lipinski definition) is 1. The number of carbonyl (C=O) groups is 1. The first-order chi connectivity index (χ1) is 10.1. The van der Waals surface area contributed by atoms with Gasteiger partial charge in [0.1, 0.15) is 6.54 Å². The fraction of sp³-hybridized carbons (Fsp3) is 0.250. The Bertz CT molecular complexity index is 608. The van der Waals surface area contributed by atoms with Gasteiger partial charge in [-0.15, -0.1) is 0 Å². The summed E-state index contributed by atoms with van der Waals surface area (Å²) in [5.41, 5.74) is 0.600. The van der Waals surface area contributed by atoms with Crippen molar-refractivity contribution >= 4 is 34.8 Å². The minimum Gasteiger partial charge on any atom is -1.00 e. The molecule has 2 rings (SSSR count). The van der Waals surface area contributed by atoms with Gasteiger partial charge in [-0.25, -0.2) is 4.57 Å². The molecule has 1 N–H and O–H groups in total. The number of carbonyl (C=O) groups excluding carboxylic acids is 1. The van der Waals surface area contributed by atoms with E-state index in [1.54, 1.807) is 18.2 Å². The van der Waals surface area contributed by atoms with Gasteiger partial charge in [0.2, 0.25) is 5.91 Å². The molecule has 0 aliphatic rings. The Kier molecular flexibility index (Phi) is 8.46. The highest BCUT2D eigenvalue weighted by Crippen LogP contribution is 2.25. The second-order valence-electron chi connectivity index (χ2n) is 4.74. The maximum Gasteiger partial charge on any atom is 0.224 e. The van der Waals surface area contributed by atoms with E-state index in [-0.39, 0.29) is 22.9 Å². The summed E-state index contributed by atoms with van der Waals surface area (Å²) in [6, 6.07) is 11.0. The van der Waals surface area contributed by atoms with Crippen molar-refractivity contribution in [2.24, 2.45) is 0 Å². The first kappa shape index (κ1) is 18.9. The molecule has 0 aliphatic heterocycles. The van der Waals surface area contributed by atoms with Gasteiger partial charge in [-0.05, 0) is 24.6 Å². The number of pyridine rings is 1. The van der Waals surface area contributed by atoms with Gasteiger partial charge >= 0.3 is 0 Å². The van der Waals surface area contributed by atoms with Crippen LogP contribution in [0.4, 0.5) is 5.69 Å². The number of aryl methyl sites for hydroxylation is 1. The van der Waals surface area contributed by atoms with Crippen LogP contribution in [-0.2, 0) is 11.3 Å². The third-order valence-corrected chi connectivity index (χ3v) is 3.60. The largest absolute Gasteiger partial charge is 1.00 e. The second-order valence-corrected chi connectivity index (χ2v) is 5.59. The highest BCUT2D eigenvalue weighted by molar-refractivity contribution is 6.36. The lowest BCUT2D eigenvalue weighted by atomic mass is 10.2. The molecule has 0 fully saturated rings. The molecule has 0 aliphatic carbocycles. The average molecular weight is 404 g/mol. The van der Waals surface area contributed by atoms with E-state index in [0.717, 1.165) is 19.4 Å². The summed E-state index contributed by atoms with van der Waals surface area (Å²) < 4.78 is 2.11. The summed E-state index contributed by atoms with van der Waals surface area (Å²) in [5.74, 6) is -0.0303. The highest BCUT2D eigenvalue weighted by atomic mass is 79.9. The molecule has 3 nitrogen and oxygen atoms in total. The van der Waals surface area contributed by atoms with E-state index in [0.29, 0.717) is 22.2 Å². The van der Waals surface area contributed by atoms with Crippen molar-refractivity contribution in [1.82, 2.24) is 0 Å². The molecule has 0 radical (unpaired) electrons. The normalized spacial score (nSPS) is 9.91. The van der Waals surface area contributed by atoms with E-state index >= 15 is 0 Å².